The molecule has 1 aliphatic heterocycles. The number of ether oxygens (including phenoxy) is 2. The van der Waals surface area contributed by atoms with Gasteiger partial charge in [0.25, 0.3) is 10.0 Å². The lowest BCUT2D eigenvalue weighted by Crippen LogP contribution is -2.46. The predicted molar refractivity (Wildman–Crippen MR) is 137 cm³/mol. The zero-order chi connectivity index (χ0) is 26.2. The molecule has 2 atom stereocenters. The Morgan fingerprint density at radius 3 is 2.46 bits per heavy atom. The number of nitrogens with zero attached hydrogens (tertiary/aromatic N) is 1. The van der Waals surface area contributed by atoms with Crippen LogP contribution in [-0.4, -0.2) is 40.7 Å². The van der Waals surface area contributed by atoms with Crippen molar-refractivity contribution in [3.63, 3.8) is 0 Å². The molecule has 3 aromatic carbocycles. The van der Waals surface area contributed by atoms with Gasteiger partial charge in [0.2, 0.25) is 12.7 Å². The maximum Gasteiger partial charge on any atom is 0.328 e. The molecule has 3 aromatic rings. The third-order valence-corrected chi connectivity index (χ3v) is 8.42. The number of anilines is 1. The SMILES string of the molecule is Cc1ccccc1S(=O)(=O)NC(=O)NCC1(C(=O)N(C)c2ccc3c(c2)OCO3)CC1c1ccccc1. The monoisotopic (exact) mass is 521 g/mol. The van der Waals surface area contributed by atoms with Crippen molar-refractivity contribution in [1.29, 1.82) is 0 Å². The minimum absolute atomic E-state index is 0.0204. The van der Waals surface area contributed by atoms with Gasteiger partial charge in [-0.2, -0.15) is 0 Å². The van der Waals surface area contributed by atoms with Gasteiger partial charge in [0.05, 0.1) is 10.3 Å². The fraction of sp³-hybridized carbons (Fsp3) is 0.259. The second kappa shape index (κ2) is 9.44. The molecule has 192 valence electrons. The maximum atomic E-state index is 13.8. The van der Waals surface area contributed by atoms with Gasteiger partial charge in [0, 0.05) is 31.3 Å². The van der Waals surface area contributed by atoms with Gasteiger partial charge in [-0.3, -0.25) is 4.79 Å². The second-order valence-electron chi connectivity index (χ2n) is 9.28. The summed E-state index contributed by atoms with van der Waals surface area (Å²) in [7, 11) is -2.40. The maximum absolute atomic E-state index is 13.8. The molecular formula is C27H27N3O6S. The van der Waals surface area contributed by atoms with Crippen LogP contribution in [-0.2, 0) is 14.8 Å². The van der Waals surface area contributed by atoms with Crippen LogP contribution < -0.4 is 24.4 Å². The molecule has 0 spiro atoms. The molecule has 1 aliphatic carbocycles. The molecule has 0 radical (unpaired) electrons. The van der Waals surface area contributed by atoms with Crippen molar-refractivity contribution < 1.29 is 27.5 Å². The summed E-state index contributed by atoms with van der Waals surface area (Å²) in [6.45, 7) is 1.75. The standard InChI is InChI=1S/C27H27N3O6S/c1-18-8-6-7-11-24(18)37(33,34)29-26(32)28-16-27(15-21(27)19-9-4-3-5-10-19)25(31)30(2)20-12-13-22-23(14-20)36-17-35-22/h3-14,21H,15-17H2,1-2H3,(H2,28,29,32). The van der Waals surface area contributed by atoms with Crippen LogP contribution in [0.1, 0.15) is 23.5 Å². The first-order valence-electron chi connectivity index (χ1n) is 11.8. The normalized spacial score (nSPS) is 19.7. The van der Waals surface area contributed by atoms with E-state index in [1.165, 1.54) is 11.0 Å². The van der Waals surface area contributed by atoms with Gasteiger partial charge >= 0.3 is 6.03 Å². The van der Waals surface area contributed by atoms with E-state index in [0.29, 0.717) is 29.2 Å². The van der Waals surface area contributed by atoms with Crippen molar-refractivity contribution in [2.45, 2.75) is 24.2 Å². The van der Waals surface area contributed by atoms with E-state index in [2.05, 4.69) is 10.0 Å². The molecule has 1 heterocycles. The van der Waals surface area contributed by atoms with E-state index in [-0.39, 0.29) is 30.1 Å². The number of amides is 3. The van der Waals surface area contributed by atoms with Crippen LogP contribution in [0.15, 0.2) is 77.7 Å². The van der Waals surface area contributed by atoms with E-state index in [1.807, 2.05) is 30.3 Å². The predicted octanol–water partition coefficient (Wildman–Crippen LogP) is 3.55. The number of fused-ring (bicyclic) bond motifs is 1. The highest BCUT2D eigenvalue weighted by Gasteiger charge is 2.61. The molecule has 2 unspecified atom stereocenters. The summed E-state index contributed by atoms with van der Waals surface area (Å²) in [5.74, 6) is 0.842. The highest BCUT2D eigenvalue weighted by Crippen LogP contribution is 2.60. The van der Waals surface area contributed by atoms with E-state index >= 15 is 0 Å². The molecule has 37 heavy (non-hydrogen) atoms. The molecule has 1 fully saturated rings. The Balaban J connectivity index is 1.35. The Hall–Kier alpha value is -4.05. The summed E-state index contributed by atoms with van der Waals surface area (Å²) in [6.07, 6.45) is 0.509. The third kappa shape index (κ3) is 4.72. The first-order valence-corrected chi connectivity index (χ1v) is 13.3. The van der Waals surface area contributed by atoms with E-state index in [9.17, 15) is 18.0 Å². The number of urea groups is 1. The van der Waals surface area contributed by atoms with Crippen molar-refractivity contribution in [3.8, 4) is 11.5 Å². The van der Waals surface area contributed by atoms with Crippen LogP contribution in [0.2, 0.25) is 0 Å². The Kier molecular flexibility index (Phi) is 6.28. The fourth-order valence-electron chi connectivity index (χ4n) is 4.79. The first-order chi connectivity index (χ1) is 17.7. The Morgan fingerprint density at radius 2 is 1.70 bits per heavy atom. The quantitative estimate of drug-likeness (QED) is 0.492. The molecule has 2 N–H and O–H groups in total. The summed E-state index contributed by atoms with van der Waals surface area (Å²) in [6, 6.07) is 20.4. The zero-order valence-corrected chi connectivity index (χ0v) is 21.2. The van der Waals surface area contributed by atoms with E-state index in [1.54, 1.807) is 50.4 Å². The number of hydrogen-bond acceptors (Lipinski definition) is 6. The molecule has 1 saturated carbocycles. The van der Waals surface area contributed by atoms with Crippen molar-refractivity contribution in [2.75, 3.05) is 25.3 Å². The van der Waals surface area contributed by atoms with E-state index in [4.69, 9.17) is 9.47 Å². The molecule has 0 bridgehead atoms. The Morgan fingerprint density at radius 1 is 1.00 bits per heavy atom. The first kappa shape index (κ1) is 24.6. The molecule has 0 aromatic heterocycles. The lowest BCUT2D eigenvalue weighted by molar-refractivity contribution is -0.123. The highest BCUT2D eigenvalue weighted by molar-refractivity contribution is 7.90. The lowest BCUT2D eigenvalue weighted by atomic mass is 9.97. The zero-order valence-electron chi connectivity index (χ0n) is 20.4. The van der Waals surface area contributed by atoms with Crippen molar-refractivity contribution in [3.05, 3.63) is 83.9 Å². The molecule has 10 heteroatoms. The number of rotatable bonds is 7. The van der Waals surface area contributed by atoms with E-state index < -0.39 is 21.5 Å². The summed E-state index contributed by atoms with van der Waals surface area (Å²) >= 11 is 0. The van der Waals surface area contributed by atoms with Crippen molar-refractivity contribution >= 4 is 27.6 Å². The van der Waals surface area contributed by atoms with Gasteiger partial charge in [-0.15, -0.1) is 0 Å². The number of hydrogen-bond donors (Lipinski definition) is 2. The number of carbonyl (C=O) groups is 2. The number of nitrogens with one attached hydrogen (secondary N) is 2. The Labute approximate surface area is 215 Å². The van der Waals surface area contributed by atoms with Gasteiger partial charge < -0.3 is 19.7 Å². The van der Waals surface area contributed by atoms with Gasteiger partial charge in [-0.1, -0.05) is 48.5 Å². The molecule has 5 rings (SSSR count). The molecule has 3 amide bonds. The van der Waals surface area contributed by atoms with Crippen LogP contribution >= 0.6 is 0 Å². The van der Waals surface area contributed by atoms with Gasteiger partial charge in [-0.25, -0.2) is 17.9 Å². The summed E-state index contributed by atoms with van der Waals surface area (Å²) in [5.41, 5.74) is 1.19. The van der Waals surface area contributed by atoms with Crippen LogP contribution in [0.5, 0.6) is 11.5 Å². The van der Waals surface area contributed by atoms with Gasteiger partial charge in [0.1, 0.15) is 0 Å². The van der Waals surface area contributed by atoms with Crippen LogP contribution in [0.4, 0.5) is 10.5 Å². The van der Waals surface area contributed by atoms with Gasteiger partial charge in [-0.05, 0) is 42.7 Å². The fourth-order valence-corrected chi connectivity index (χ4v) is 5.96. The molecule has 2 aliphatic rings. The van der Waals surface area contributed by atoms with Gasteiger partial charge in [0.15, 0.2) is 11.5 Å². The van der Waals surface area contributed by atoms with E-state index in [0.717, 1.165) is 5.56 Å². The molecular weight excluding hydrogens is 494 g/mol. The molecule has 9 nitrogen and oxygen atoms in total. The number of carbonyl (C=O) groups excluding carboxylic acids is 2. The smallest absolute Gasteiger partial charge is 0.328 e. The topological polar surface area (TPSA) is 114 Å². The van der Waals surface area contributed by atoms with Crippen molar-refractivity contribution in [1.82, 2.24) is 10.0 Å². The summed E-state index contributed by atoms with van der Waals surface area (Å²) in [4.78, 5) is 28.1. The molecule has 0 saturated heterocycles. The van der Waals surface area contributed by atoms with Crippen molar-refractivity contribution in [2.24, 2.45) is 5.41 Å². The minimum atomic E-state index is -4.07. The lowest BCUT2D eigenvalue weighted by Gasteiger charge is -2.25. The second-order valence-corrected chi connectivity index (χ2v) is 10.9. The van der Waals surface area contributed by atoms with Crippen LogP contribution in [0.3, 0.4) is 0 Å². The summed E-state index contributed by atoms with van der Waals surface area (Å²) in [5, 5.41) is 2.64. The van der Waals surface area contributed by atoms with Crippen LogP contribution in [0, 0.1) is 12.3 Å². The number of benzene rings is 3. The number of aryl methyl sites for hydroxylation is 1. The van der Waals surface area contributed by atoms with Crippen LogP contribution in [0.25, 0.3) is 0 Å². The highest BCUT2D eigenvalue weighted by atomic mass is 32.2. The minimum Gasteiger partial charge on any atom is -0.454 e. The number of sulfonamides is 1. The average molecular weight is 522 g/mol. The largest absolute Gasteiger partial charge is 0.454 e. The summed E-state index contributed by atoms with van der Waals surface area (Å²) < 4.78 is 38.4. The Bertz CT molecular complexity index is 1460. The third-order valence-electron chi connectivity index (χ3n) is 6.93. The average Bonchev–Trinajstić information content (AvgIpc) is 3.45.